The zero-order valence-corrected chi connectivity index (χ0v) is 15.8. The second-order valence-electron chi connectivity index (χ2n) is 6.76. The summed E-state index contributed by atoms with van der Waals surface area (Å²) in [6, 6.07) is 0. The van der Waals surface area contributed by atoms with Crippen molar-refractivity contribution in [1.29, 1.82) is 0 Å². The molecule has 2 radical (unpaired) electrons. The lowest BCUT2D eigenvalue weighted by molar-refractivity contribution is -0.0748. The van der Waals surface area contributed by atoms with Crippen LogP contribution < -0.4 is 0 Å². The topological polar surface area (TPSA) is 12.5 Å². The number of piperidine rings is 1. The first-order chi connectivity index (χ1) is 9.89. The van der Waals surface area contributed by atoms with Crippen molar-refractivity contribution < 1.29 is 4.74 Å². The highest BCUT2D eigenvalue weighted by molar-refractivity contribution is 6.14. The number of nitrogens with zero attached hydrogens (tertiary/aromatic N) is 1. The monoisotopic (exact) mass is 295 g/mol. The highest BCUT2D eigenvalue weighted by atomic mass is 16.5. The lowest BCUT2D eigenvalue weighted by Crippen LogP contribution is -2.60. The third-order valence-corrected chi connectivity index (χ3v) is 5.27. The molecule has 2 nitrogen and oxygen atoms in total. The number of hydrogen-bond acceptors (Lipinski definition) is 2. The van der Waals surface area contributed by atoms with Gasteiger partial charge in [-0.1, -0.05) is 52.8 Å². The second-order valence-corrected chi connectivity index (χ2v) is 6.76. The van der Waals surface area contributed by atoms with Crippen molar-refractivity contribution in [3.63, 3.8) is 0 Å². The van der Waals surface area contributed by atoms with Crippen LogP contribution in [0.1, 0.15) is 67.2 Å². The molecular weight excluding hydrogens is 257 g/mol. The van der Waals surface area contributed by atoms with Crippen molar-refractivity contribution in [2.75, 3.05) is 27.3 Å². The summed E-state index contributed by atoms with van der Waals surface area (Å²) < 4.78 is 5.48. The summed E-state index contributed by atoms with van der Waals surface area (Å²) in [5.41, 5.74) is 0.203. The van der Waals surface area contributed by atoms with E-state index in [2.05, 4.69) is 25.8 Å². The van der Waals surface area contributed by atoms with Gasteiger partial charge in [0.05, 0.1) is 14.5 Å². The molecule has 1 saturated heterocycles. The average molecular weight is 295 g/mol. The van der Waals surface area contributed by atoms with Crippen molar-refractivity contribution in [3.05, 3.63) is 0 Å². The molecule has 2 fully saturated rings. The lowest BCUT2D eigenvalue weighted by atomic mass is 9.52. The summed E-state index contributed by atoms with van der Waals surface area (Å²) in [5, 5.41) is 0.0606. The van der Waals surface area contributed by atoms with Gasteiger partial charge < -0.3 is 4.74 Å². The third-order valence-electron chi connectivity index (χ3n) is 5.27. The van der Waals surface area contributed by atoms with Crippen molar-refractivity contribution in [3.8, 4) is 0 Å². The van der Waals surface area contributed by atoms with Gasteiger partial charge in [-0.3, -0.25) is 4.90 Å². The maximum Gasteiger partial charge on any atom is 0.0742 e. The highest BCUT2D eigenvalue weighted by Gasteiger charge is 2.48. The van der Waals surface area contributed by atoms with Gasteiger partial charge in [0.25, 0.3) is 0 Å². The minimum Gasteiger partial charge on any atom is -0.383 e. The number of likely N-dealkylation sites (tertiary alicyclic amines) is 1. The van der Waals surface area contributed by atoms with Crippen molar-refractivity contribution in [2.24, 2.45) is 11.8 Å². The summed E-state index contributed by atoms with van der Waals surface area (Å²) in [6.07, 6.45) is 4.89. The number of fused-ring (bicyclic) bond motifs is 1. The molecule has 3 heteroatoms. The molecule has 2 aliphatic rings. The molecule has 4 atom stereocenters. The SMILES string of the molecule is CC.CC.[B]C1(C)CCC2C(CCN(C)C2(C)COC)C1. The van der Waals surface area contributed by atoms with E-state index in [1.807, 2.05) is 34.8 Å². The molecule has 124 valence electrons. The predicted molar refractivity (Wildman–Crippen MR) is 95.2 cm³/mol. The molecule has 0 amide bonds. The minimum atomic E-state index is 0.0606. The van der Waals surface area contributed by atoms with Gasteiger partial charge >= 0.3 is 0 Å². The van der Waals surface area contributed by atoms with Gasteiger partial charge in [-0.25, -0.2) is 0 Å². The van der Waals surface area contributed by atoms with Gasteiger partial charge in [0.15, 0.2) is 0 Å². The van der Waals surface area contributed by atoms with E-state index in [-0.39, 0.29) is 10.9 Å². The fourth-order valence-corrected chi connectivity index (χ4v) is 4.09. The van der Waals surface area contributed by atoms with E-state index in [1.165, 1.54) is 25.8 Å². The first kappa shape index (κ1) is 21.0. The van der Waals surface area contributed by atoms with Crippen LogP contribution in [0.15, 0.2) is 0 Å². The summed E-state index contributed by atoms with van der Waals surface area (Å²) in [5.74, 6) is 1.54. The van der Waals surface area contributed by atoms with Crippen LogP contribution in [0.5, 0.6) is 0 Å². The summed E-state index contributed by atoms with van der Waals surface area (Å²) in [6.45, 7) is 14.6. The fraction of sp³-hybridized carbons (Fsp3) is 1.00. The molecule has 21 heavy (non-hydrogen) atoms. The van der Waals surface area contributed by atoms with E-state index in [1.54, 1.807) is 0 Å². The molecule has 4 unspecified atom stereocenters. The van der Waals surface area contributed by atoms with Crippen LogP contribution in [0.25, 0.3) is 0 Å². The average Bonchev–Trinajstić information content (AvgIpc) is 2.47. The molecule has 2 rings (SSSR count). The third kappa shape index (κ3) is 4.99. The predicted octanol–water partition coefficient (Wildman–Crippen LogP) is 4.54. The largest absolute Gasteiger partial charge is 0.383 e. The molecule has 1 aliphatic heterocycles. The Labute approximate surface area is 135 Å². The number of hydrogen-bond donors (Lipinski definition) is 0. The van der Waals surface area contributed by atoms with Crippen molar-refractivity contribution in [1.82, 2.24) is 4.90 Å². The normalized spacial score (nSPS) is 39.2. The Morgan fingerprint density at radius 3 is 2.24 bits per heavy atom. The van der Waals surface area contributed by atoms with Crippen molar-refractivity contribution in [2.45, 2.75) is 78.1 Å². The van der Waals surface area contributed by atoms with Crippen LogP contribution in [0.2, 0.25) is 5.31 Å². The van der Waals surface area contributed by atoms with Crippen LogP contribution in [0.3, 0.4) is 0 Å². The molecule has 0 aromatic rings. The molecule has 1 aliphatic carbocycles. The maximum atomic E-state index is 6.34. The van der Waals surface area contributed by atoms with Crippen LogP contribution in [-0.2, 0) is 4.74 Å². The Morgan fingerprint density at radius 2 is 1.71 bits per heavy atom. The number of methoxy groups -OCH3 is 1. The van der Waals surface area contributed by atoms with E-state index in [9.17, 15) is 0 Å². The van der Waals surface area contributed by atoms with Gasteiger partial charge in [-0.2, -0.15) is 0 Å². The Hall–Kier alpha value is -0.0151. The van der Waals surface area contributed by atoms with E-state index in [0.29, 0.717) is 0 Å². The number of ether oxygens (including phenoxy) is 1. The Balaban J connectivity index is 0.000000921. The highest BCUT2D eigenvalue weighted by Crippen LogP contribution is 2.52. The number of rotatable bonds is 2. The van der Waals surface area contributed by atoms with Gasteiger partial charge in [0.2, 0.25) is 0 Å². The van der Waals surface area contributed by atoms with Gasteiger partial charge in [-0.15, -0.1) is 0 Å². The fourth-order valence-electron chi connectivity index (χ4n) is 4.09. The molecule has 0 aromatic heterocycles. The molecular formula is C18H38BNO. The van der Waals surface area contributed by atoms with Gasteiger partial charge in [-0.05, 0) is 45.2 Å². The number of likely N-dealkylation sites (N-methyl/N-ethyl adjacent to an activating group) is 1. The lowest BCUT2D eigenvalue weighted by Gasteiger charge is -2.56. The van der Waals surface area contributed by atoms with Crippen molar-refractivity contribution >= 4 is 7.85 Å². The van der Waals surface area contributed by atoms with E-state index in [0.717, 1.165) is 24.9 Å². The molecule has 1 heterocycles. The summed E-state index contributed by atoms with van der Waals surface area (Å²) in [7, 11) is 10.4. The van der Waals surface area contributed by atoms with Crippen LogP contribution in [-0.4, -0.2) is 45.6 Å². The van der Waals surface area contributed by atoms with E-state index >= 15 is 0 Å². The second kappa shape index (κ2) is 9.20. The van der Waals surface area contributed by atoms with Gasteiger partial charge in [0, 0.05) is 12.6 Å². The molecule has 1 saturated carbocycles. The van der Waals surface area contributed by atoms with Gasteiger partial charge in [0.1, 0.15) is 0 Å². The summed E-state index contributed by atoms with van der Waals surface area (Å²) >= 11 is 0. The Bertz CT molecular complexity index is 282. The van der Waals surface area contributed by atoms with E-state index < -0.39 is 0 Å². The smallest absolute Gasteiger partial charge is 0.0742 e. The maximum absolute atomic E-state index is 6.34. The Morgan fingerprint density at radius 1 is 1.14 bits per heavy atom. The zero-order valence-electron chi connectivity index (χ0n) is 15.8. The van der Waals surface area contributed by atoms with Crippen LogP contribution in [0, 0.1) is 11.8 Å². The first-order valence-corrected chi connectivity index (χ1v) is 8.88. The molecule has 0 aromatic carbocycles. The first-order valence-electron chi connectivity index (χ1n) is 8.88. The minimum absolute atomic E-state index is 0.0606. The van der Waals surface area contributed by atoms with Crippen LogP contribution in [0.4, 0.5) is 0 Å². The standard InChI is InChI=1S/C14H26BNO.2C2H6/c1-13(15)7-5-12-11(9-13)6-8-16(3)14(12,2)10-17-4;2*1-2/h11-12H,5-10H2,1-4H3;2*1-2H3. The molecule has 0 spiro atoms. The molecule has 0 bridgehead atoms. The molecule has 0 N–H and O–H groups in total. The van der Waals surface area contributed by atoms with E-state index in [4.69, 9.17) is 12.6 Å². The van der Waals surface area contributed by atoms with Crippen LogP contribution >= 0.6 is 0 Å². The quantitative estimate of drug-likeness (QED) is 0.693. The zero-order chi connectivity index (χ0) is 16.7. The summed E-state index contributed by atoms with van der Waals surface area (Å²) in [4.78, 5) is 2.50. The Kier molecular flexibility index (Phi) is 9.19.